The van der Waals surface area contributed by atoms with Gasteiger partial charge < -0.3 is 9.15 Å². The first-order chi connectivity index (χ1) is 6.90. The monoisotopic (exact) mass is 222 g/mol. The third-order valence-electron chi connectivity index (χ3n) is 1.53. The summed E-state index contributed by atoms with van der Waals surface area (Å²) in [7, 11) is 0.985. The molecule has 1 aromatic rings. The summed E-state index contributed by atoms with van der Waals surface area (Å²) in [5.74, 6) is -3.24. The number of ether oxygens (including phenoxy) is 1. The maximum absolute atomic E-state index is 12.2. The molecule has 0 amide bonds. The summed E-state index contributed by atoms with van der Waals surface area (Å²) in [6.45, 7) is 0. The van der Waals surface area contributed by atoms with Gasteiger partial charge in [0.15, 0.2) is 6.29 Å². The molecule has 0 bridgehead atoms. The summed E-state index contributed by atoms with van der Waals surface area (Å²) in [5, 5.41) is 0. The summed E-state index contributed by atoms with van der Waals surface area (Å²) < 4.78 is 45.0. The van der Waals surface area contributed by atoms with E-state index in [4.69, 9.17) is 0 Å². The van der Waals surface area contributed by atoms with Crippen LogP contribution in [0.25, 0.3) is 0 Å². The van der Waals surface area contributed by atoms with E-state index in [0.29, 0.717) is 6.07 Å². The van der Waals surface area contributed by atoms with Crippen molar-refractivity contribution in [3.05, 3.63) is 23.2 Å². The van der Waals surface area contributed by atoms with E-state index in [1.807, 2.05) is 0 Å². The fourth-order valence-corrected chi connectivity index (χ4v) is 0.915. The highest BCUT2D eigenvalue weighted by molar-refractivity contribution is 5.89. The maximum atomic E-state index is 12.2. The molecule has 1 rings (SSSR count). The minimum atomic E-state index is -4.82. The molecule has 15 heavy (non-hydrogen) atoms. The van der Waals surface area contributed by atoms with Gasteiger partial charge in [-0.1, -0.05) is 0 Å². The van der Waals surface area contributed by atoms with Gasteiger partial charge in [-0.2, -0.15) is 13.2 Å². The van der Waals surface area contributed by atoms with Crippen molar-refractivity contribution in [2.45, 2.75) is 6.18 Å². The number of hydrogen-bond donors (Lipinski definition) is 0. The van der Waals surface area contributed by atoms with Crippen molar-refractivity contribution in [3.63, 3.8) is 0 Å². The van der Waals surface area contributed by atoms with E-state index >= 15 is 0 Å². The standard InChI is InChI=1S/C8H5F3O4/c1-14-7(13)5-2-4(3-12)6(15-5)8(9,10)11/h2-3H,1H3. The highest BCUT2D eigenvalue weighted by Gasteiger charge is 2.39. The lowest BCUT2D eigenvalue weighted by Crippen LogP contribution is -2.06. The van der Waals surface area contributed by atoms with Gasteiger partial charge in [0.1, 0.15) is 0 Å². The first-order valence-electron chi connectivity index (χ1n) is 3.64. The van der Waals surface area contributed by atoms with E-state index < -0.39 is 29.2 Å². The van der Waals surface area contributed by atoms with Crippen molar-refractivity contribution in [3.8, 4) is 0 Å². The molecule has 0 unspecified atom stereocenters. The Bertz CT molecular complexity index is 391. The summed E-state index contributed by atoms with van der Waals surface area (Å²) in [6.07, 6.45) is -4.86. The number of carbonyl (C=O) groups is 2. The van der Waals surface area contributed by atoms with Crippen LogP contribution in [0.1, 0.15) is 26.7 Å². The lowest BCUT2D eigenvalue weighted by molar-refractivity contribution is -0.153. The topological polar surface area (TPSA) is 56.5 Å². The Hall–Kier alpha value is -1.79. The SMILES string of the molecule is COC(=O)c1cc(C=O)c(C(F)(F)F)o1. The molecule has 0 radical (unpaired) electrons. The van der Waals surface area contributed by atoms with Crippen molar-refractivity contribution in [2.24, 2.45) is 0 Å². The third kappa shape index (κ3) is 2.17. The molecule has 0 N–H and O–H groups in total. The van der Waals surface area contributed by atoms with Crippen LogP contribution >= 0.6 is 0 Å². The molecular weight excluding hydrogens is 217 g/mol. The van der Waals surface area contributed by atoms with E-state index in [0.717, 1.165) is 7.11 Å². The van der Waals surface area contributed by atoms with Gasteiger partial charge >= 0.3 is 12.1 Å². The van der Waals surface area contributed by atoms with Crippen molar-refractivity contribution in [1.29, 1.82) is 0 Å². The van der Waals surface area contributed by atoms with Crippen LogP contribution in [0, 0.1) is 0 Å². The molecule has 0 atom stereocenters. The van der Waals surface area contributed by atoms with Gasteiger partial charge in [0, 0.05) is 6.07 Å². The van der Waals surface area contributed by atoms with Crippen LogP contribution in [0.4, 0.5) is 13.2 Å². The normalized spacial score (nSPS) is 11.2. The fraction of sp³-hybridized carbons (Fsp3) is 0.250. The molecule has 1 aromatic heterocycles. The number of carbonyl (C=O) groups excluding carboxylic acids is 2. The summed E-state index contributed by atoms with van der Waals surface area (Å²) in [4.78, 5) is 21.1. The van der Waals surface area contributed by atoms with Gasteiger partial charge in [0.25, 0.3) is 0 Å². The number of halogens is 3. The second-order valence-electron chi connectivity index (χ2n) is 2.50. The fourth-order valence-electron chi connectivity index (χ4n) is 0.915. The minimum absolute atomic E-state index is 0.0429. The minimum Gasteiger partial charge on any atom is -0.463 e. The first kappa shape index (κ1) is 11.3. The van der Waals surface area contributed by atoms with E-state index in [1.165, 1.54) is 0 Å². The summed E-state index contributed by atoms with van der Waals surface area (Å²) >= 11 is 0. The third-order valence-corrected chi connectivity index (χ3v) is 1.53. The van der Waals surface area contributed by atoms with Crippen molar-refractivity contribution in [2.75, 3.05) is 7.11 Å². The molecule has 0 aliphatic rings. The van der Waals surface area contributed by atoms with Crippen LogP contribution < -0.4 is 0 Å². The Morgan fingerprint density at radius 3 is 2.47 bits per heavy atom. The zero-order chi connectivity index (χ0) is 11.6. The van der Waals surface area contributed by atoms with Gasteiger partial charge in [0.05, 0.1) is 12.7 Å². The highest BCUT2D eigenvalue weighted by atomic mass is 19.4. The van der Waals surface area contributed by atoms with Gasteiger partial charge in [-0.3, -0.25) is 4.79 Å². The second-order valence-corrected chi connectivity index (χ2v) is 2.50. The number of aldehydes is 1. The average molecular weight is 222 g/mol. The van der Waals surface area contributed by atoms with E-state index in [2.05, 4.69) is 9.15 Å². The smallest absolute Gasteiger partial charge is 0.450 e. The molecular formula is C8H5F3O4. The lowest BCUT2D eigenvalue weighted by atomic mass is 10.2. The predicted molar refractivity (Wildman–Crippen MR) is 40.4 cm³/mol. The zero-order valence-corrected chi connectivity index (χ0v) is 7.42. The number of methoxy groups -OCH3 is 1. The molecule has 0 aromatic carbocycles. The van der Waals surface area contributed by atoms with Crippen LogP contribution in [-0.2, 0) is 10.9 Å². The Morgan fingerprint density at radius 1 is 1.53 bits per heavy atom. The van der Waals surface area contributed by atoms with E-state index in [-0.39, 0.29) is 6.29 Å². The van der Waals surface area contributed by atoms with Gasteiger partial charge in [0.2, 0.25) is 11.5 Å². The summed E-state index contributed by atoms with van der Waals surface area (Å²) in [6, 6.07) is 0.682. The quantitative estimate of drug-likeness (QED) is 0.566. The van der Waals surface area contributed by atoms with Crippen molar-refractivity contribution in [1.82, 2.24) is 0 Å². The summed E-state index contributed by atoms with van der Waals surface area (Å²) in [5.41, 5.74) is -0.733. The predicted octanol–water partition coefficient (Wildman–Crippen LogP) is 1.90. The van der Waals surface area contributed by atoms with Crippen LogP contribution in [0.2, 0.25) is 0 Å². The van der Waals surface area contributed by atoms with Crippen LogP contribution in [0.15, 0.2) is 10.5 Å². The first-order valence-corrected chi connectivity index (χ1v) is 3.64. The molecule has 0 spiro atoms. The average Bonchev–Trinajstić information content (AvgIpc) is 2.59. The van der Waals surface area contributed by atoms with Crippen LogP contribution in [0.3, 0.4) is 0 Å². The second kappa shape index (κ2) is 3.76. The van der Waals surface area contributed by atoms with E-state index in [1.54, 1.807) is 0 Å². The highest BCUT2D eigenvalue weighted by Crippen LogP contribution is 2.33. The molecule has 1 heterocycles. The van der Waals surface area contributed by atoms with Gasteiger partial charge in [-0.25, -0.2) is 4.79 Å². The molecule has 0 fully saturated rings. The zero-order valence-electron chi connectivity index (χ0n) is 7.42. The number of esters is 1. The van der Waals surface area contributed by atoms with Crippen LogP contribution in [0.5, 0.6) is 0 Å². The number of alkyl halides is 3. The molecule has 0 saturated heterocycles. The number of hydrogen-bond acceptors (Lipinski definition) is 4. The Kier molecular flexibility index (Phi) is 2.83. The van der Waals surface area contributed by atoms with Gasteiger partial charge in [-0.05, 0) is 0 Å². The molecule has 7 heteroatoms. The molecule has 82 valence electrons. The molecule has 0 saturated carbocycles. The van der Waals surface area contributed by atoms with Gasteiger partial charge in [-0.15, -0.1) is 0 Å². The van der Waals surface area contributed by atoms with Crippen molar-refractivity contribution < 1.29 is 31.9 Å². The lowest BCUT2D eigenvalue weighted by Gasteiger charge is -2.01. The molecule has 0 aliphatic carbocycles. The number of furan rings is 1. The van der Waals surface area contributed by atoms with Crippen molar-refractivity contribution >= 4 is 12.3 Å². The maximum Gasteiger partial charge on any atom is 0.450 e. The Morgan fingerprint density at radius 2 is 2.13 bits per heavy atom. The number of rotatable bonds is 2. The molecule has 0 aliphatic heterocycles. The Balaban J connectivity index is 3.23. The largest absolute Gasteiger partial charge is 0.463 e. The van der Waals surface area contributed by atoms with E-state index in [9.17, 15) is 22.8 Å². The molecule has 4 nitrogen and oxygen atoms in total. The van der Waals surface area contributed by atoms with Crippen LogP contribution in [-0.4, -0.2) is 19.4 Å². The Labute approximate surface area is 81.6 Å².